The zero-order chi connectivity index (χ0) is 22.0. The number of carbonyl (C=O) groups excluding carboxylic acids is 1. The highest BCUT2D eigenvalue weighted by Gasteiger charge is 2.23. The van der Waals surface area contributed by atoms with Crippen molar-refractivity contribution in [2.45, 2.75) is 6.54 Å². The zero-order valence-corrected chi connectivity index (χ0v) is 17.8. The predicted molar refractivity (Wildman–Crippen MR) is 124 cm³/mol. The summed E-state index contributed by atoms with van der Waals surface area (Å²) >= 11 is 12.7. The molecule has 1 N–H and O–H groups in total. The lowest BCUT2D eigenvalue weighted by Gasteiger charge is -2.26. The fraction of sp³-hybridized carbons (Fsp3) is 0.0400. The second-order valence-electron chi connectivity index (χ2n) is 7.03. The van der Waals surface area contributed by atoms with Crippen molar-refractivity contribution in [1.29, 1.82) is 0 Å². The Kier molecular flexibility index (Phi) is 5.94. The molecule has 0 saturated carbocycles. The quantitative estimate of drug-likeness (QED) is 0.369. The molecule has 0 fully saturated rings. The minimum Gasteiger partial charge on any atom is -0.478 e. The van der Waals surface area contributed by atoms with Gasteiger partial charge in [0.2, 0.25) is 0 Å². The maximum Gasteiger partial charge on any atom is 0.335 e. The number of benzene rings is 4. The van der Waals surface area contributed by atoms with Crippen LogP contribution in [0.2, 0.25) is 10.0 Å². The van der Waals surface area contributed by atoms with Gasteiger partial charge in [-0.1, -0.05) is 71.7 Å². The lowest BCUT2D eigenvalue weighted by Crippen LogP contribution is -2.31. The van der Waals surface area contributed by atoms with Gasteiger partial charge in [0.1, 0.15) is 0 Å². The molecule has 0 radical (unpaired) electrons. The highest BCUT2D eigenvalue weighted by molar-refractivity contribution is 6.40. The van der Waals surface area contributed by atoms with E-state index in [0.717, 1.165) is 5.56 Å². The Labute approximate surface area is 189 Å². The Balaban J connectivity index is 1.97. The van der Waals surface area contributed by atoms with Gasteiger partial charge in [0.15, 0.2) is 0 Å². The van der Waals surface area contributed by atoms with Gasteiger partial charge in [-0.15, -0.1) is 0 Å². The number of amides is 1. The highest BCUT2D eigenvalue weighted by Crippen LogP contribution is 2.38. The molecule has 0 bridgehead atoms. The minimum atomic E-state index is -1.11. The van der Waals surface area contributed by atoms with E-state index < -0.39 is 5.97 Å². The summed E-state index contributed by atoms with van der Waals surface area (Å²) in [6.07, 6.45) is 0. The average Bonchev–Trinajstić information content (AvgIpc) is 2.77. The number of rotatable bonds is 5. The molecule has 1 amide bonds. The van der Waals surface area contributed by atoms with Gasteiger partial charge in [0.05, 0.1) is 22.8 Å². The topological polar surface area (TPSA) is 57.6 Å². The molecule has 4 nitrogen and oxygen atoms in total. The van der Waals surface area contributed by atoms with Gasteiger partial charge in [-0.05, 0) is 47.3 Å². The van der Waals surface area contributed by atoms with E-state index in [1.807, 2.05) is 36.4 Å². The normalized spacial score (nSPS) is 10.8. The van der Waals surface area contributed by atoms with Gasteiger partial charge in [-0.2, -0.15) is 0 Å². The second-order valence-corrected chi connectivity index (χ2v) is 7.87. The number of aromatic carboxylic acids is 1. The summed E-state index contributed by atoms with van der Waals surface area (Å²) in [5, 5.41) is 11.5. The molecule has 0 unspecified atom stereocenters. The van der Waals surface area contributed by atoms with Crippen molar-refractivity contribution in [3.05, 3.63) is 112 Å². The van der Waals surface area contributed by atoms with Crippen LogP contribution in [0.5, 0.6) is 0 Å². The zero-order valence-electron chi connectivity index (χ0n) is 16.3. The van der Waals surface area contributed by atoms with Crippen LogP contribution >= 0.6 is 23.2 Å². The number of carboxylic acids is 1. The SMILES string of the molecule is O=C(O)c1cc(N(Cc2ccccc2)C(=O)c2ccccc2)c2c(Cl)cc(Cl)cc2c1. The summed E-state index contributed by atoms with van der Waals surface area (Å²) in [4.78, 5) is 26.9. The van der Waals surface area contributed by atoms with Gasteiger partial charge in [-0.3, -0.25) is 4.79 Å². The minimum absolute atomic E-state index is 0.0414. The molecule has 31 heavy (non-hydrogen) atoms. The van der Waals surface area contributed by atoms with Crippen molar-refractivity contribution < 1.29 is 14.7 Å². The van der Waals surface area contributed by atoms with E-state index in [9.17, 15) is 14.7 Å². The Morgan fingerprint density at radius 2 is 1.45 bits per heavy atom. The van der Waals surface area contributed by atoms with Crippen molar-refractivity contribution >= 4 is 51.5 Å². The molecular weight excluding hydrogens is 433 g/mol. The van der Waals surface area contributed by atoms with Gasteiger partial charge in [0.25, 0.3) is 5.91 Å². The lowest BCUT2D eigenvalue weighted by molar-refractivity contribution is 0.0696. The van der Waals surface area contributed by atoms with E-state index in [1.54, 1.807) is 41.3 Å². The first-order valence-electron chi connectivity index (χ1n) is 9.51. The van der Waals surface area contributed by atoms with E-state index >= 15 is 0 Å². The largest absolute Gasteiger partial charge is 0.478 e. The monoisotopic (exact) mass is 449 g/mol. The molecular formula is C25H17Cl2NO3. The van der Waals surface area contributed by atoms with Crippen LogP contribution < -0.4 is 4.90 Å². The standard InChI is InChI=1S/C25H17Cl2NO3/c26-20-12-18-11-19(25(30)31)13-22(23(18)21(27)14-20)28(15-16-7-3-1-4-8-16)24(29)17-9-5-2-6-10-17/h1-14H,15H2,(H,30,31). The third-order valence-corrected chi connectivity index (χ3v) is 5.45. The maximum absolute atomic E-state index is 13.6. The summed E-state index contributed by atoms with van der Waals surface area (Å²) in [5.74, 6) is -1.37. The molecule has 0 saturated heterocycles. The van der Waals surface area contributed by atoms with E-state index in [-0.39, 0.29) is 18.0 Å². The van der Waals surface area contributed by atoms with E-state index in [4.69, 9.17) is 23.2 Å². The fourth-order valence-corrected chi connectivity index (χ4v) is 4.12. The number of anilines is 1. The molecule has 4 aromatic rings. The smallest absolute Gasteiger partial charge is 0.335 e. The molecule has 0 aliphatic rings. The molecule has 0 atom stereocenters. The average molecular weight is 450 g/mol. The molecule has 6 heteroatoms. The Morgan fingerprint density at radius 1 is 0.806 bits per heavy atom. The van der Waals surface area contributed by atoms with Gasteiger partial charge in [-0.25, -0.2) is 4.79 Å². The summed E-state index contributed by atoms with van der Waals surface area (Å²) in [7, 11) is 0. The van der Waals surface area contributed by atoms with Crippen LogP contribution in [0, 0.1) is 0 Å². The Hall–Kier alpha value is -3.34. The third-order valence-electron chi connectivity index (χ3n) is 4.93. The van der Waals surface area contributed by atoms with Crippen LogP contribution in [-0.4, -0.2) is 17.0 Å². The van der Waals surface area contributed by atoms with Crippen LogP contribution in [0.15, 0.2) is 84.9 Å². The lowest BCUT2D eigenvalue weighted by atomic mass is 10.0. The summed E-state index contributed by atoms with van der Waals surface area (Å²) in [6.45, 7) is 0.242. The first-order chi connectivity index (χ1) is 14.9. The molecule has 0 aliphatic heterocycles. The first-order valence-corrected chi connectivity index (χ1v) is 10.3. The molecule has 154 valence electrons. The van der Waals surface area contributed by atoms with Crippen LogP contribution in [0.1, 0.15) is 26.3 Å². The number of fused-ring (bicyclic) bond motifs is 1. The van der Waals surface area contributed by atoms with Crippen LogP contribution in [0.25, 0.3) is 10.8 Å². The van der Waals surface area contributed by atoms with Crippen molar-refractivity contribution in [2.24, 2.45) is 0 Å². The van der Waals surface area contributed by atoms with E-state index in [1.165, 1.54) is 12.1 Å². The van der Waals surface area contributed by atoms with Crippen LogP contribution in [-0.2, 0) is 6.54 Å². The van der Waals surface area contributed by atoms with Crippen molar-refractivity contribution in [2.75, 3.05) is 4.90 Å². The summed E-state index contributed by atoms with van der Waals surface area (Å²) < 4.78 is 0. The molecule has 0 heterocycles. The molecule has 0 spiro atoms. The van der Waals surface area contributed by atoms with E-state index in [2.05, 4.69) is 0 Å². The summed E-state index contributed by atoms with van der Waals surface area (Å²) in [6, 6.07) is 24.6. The molecule has 0 aromatic heterocycles. The number of hydrogen-bond acceptors (Lipinski definition) is 2. The predicted octanol–water partition coefficient (Wildman–Crippen LogP) is 6.69. The number of hydrogen-bond donors (Lipinski definition) is 1. The first kappa shape index (κ1) is 20.9. The van der Waals surface area contributed by atoms with Crippen molar-refractivity contribution in [3.8, 4) is 0 Å². The molecule has 4 aromatic carbocycles. The van der Waals surface area contributed by atoms with Gasteiger partial charge < -0.3 is 10.0 Å². The fourth-order valence-electron chi connectivity index (χ4n) is 3.51. The van der Waals surface area contributed by atoms with E-state index in [0.29, 0.717) is 32.1 Å². The van der Waals surface area contributed by atoms with Gasteiger partial charge in [0, 0.05) is 16.0 Å². The van der Waals surface area contributed by atoms with Crippen molar-refractivity contribution in [1.82, 2.24) is 0 Å². The van der Waals surface area contributed by atoms with Crippen LogP contribution in [0.4, 0.5) is 5.69 Å². The Bertz CT molecular complexity index is 1270. The van der Waals surface area contributed by atoms with Crippen LogP contribution in [0.3, 0.4) is 0 Å². The number of halogens is 2. The Morgan fingerprint density at radius 3 is 2.10 bits per heavy atom. The number of nitrogens with zero attached hydrogens (tertiary/aromatic N) is 1. The maximum atomic E-state index is 13.6. The van der Waals surface area contributed by atoms with Gasteiger partial charge >= 0.3 is 5.97 Å². The second kappa shape index (κ2) is 8.80. The number of carboxylic acid groups (broad SMARTS) is 1. The highest BCUT2D eigenvalue weighted by atomic mass is 35.5. The third kappa shape index (κ3) is 4.41. The number of carbonyl (C=O) groups is 2. The summed E-state index contributed by atoms with van der Waals surface area (Å²) in [5.41, 5.74) is 1.83. The van der Waals surface area contributed by atoms with Crippen molar-refractivity contribution in [3.63, 3.8) is 0 Å². The molecule has 4 rings (SSSR count). The molecule has 0 aliphatic carbocycles.